The Morgan fingerprint density at radius 2 is 1.89 bits per heavy atom. The SMILES string of the molecule is CCC(=O)NC(CCCc1ccccc1)C(=O)NC. The van der Waals surface area contributed by atoms with E-state index in [0.29, 0.717) is 12.8 Å². The molecule has 4 heteroatoms. The van der Waals surface area contributed by atoms with Gasteiger partial charge in [0.2, 0.25) is 11.8 Å². The van der Waals surface area contributed by atoms with Crippen molar-refractivity contribution < 1.29 is 9.59 Å². The molecule has 19 heavy (non-hydrogen) atoms. The van der Waals surface area contributed by atoms with Gasteiger partial charge in [-0.15, -0.1) is 0 Å². The van der Waals surface area contributed by atoms with Crippen LogP contribution in [-0.2, 0) is 16.0 Å². The van der Waals surface area contributed by atoms with Gasteiger partial charge in [0.15, 0.2) is 0 Å². The fourth-order valence-electron chi connectivity index (χ4n) is 1.89. The predicted molar refractivity (Wildman–Crippen MR) is 75.7 cm³/mol. The summed E-state index contributed by atoms with van der Waals surface area (Å²) in [5.41, 5.74) is 1.25. The minimum Gasteiger partial charge on any atom is -0.357 e. The number of nitrogens with one attached hydrogen (secondary N) is 2. The second kappa shape index (κ2) is 8.29. The molecule has 0 fully saturated rings. The Bertz CT molecular complexity index is 404. The Kier molecular flexibility index (Phi) is 6.64. The first-order valence-electron chi connectivity index (χ1n) is 6.72. The fourth-order valence-corrected chi connectivity index (χ4v) is 1.89. The third kappa shape index (κ3) is 5.55. The normalized spacial score (nSPS) is 11.7. The molecule has 1 unspecified atom stereocenters. The minimum absolute atomic E-state index is 0.0895. The molecule has 1 rings (SSSR count). The zero-order chi connectivity index (χ0) is 14.1. The number of rotatable bonds is 7. The highest BCUT2D eigenvalue weighted by molar-refractivity contribution is 5.87. The molecule has 0 aliphatic rings. The maximum Gasteiger partial charge on any atom is 0.242 e. The molecule has 1 aromatic carbocycles. The van der Waals surface area contributed by atoms with Gasteiger partial charge in [-0.1, -0.05) is 37.3 Å². The number of hydrogen-bond acceptors (Lipinski definition) is 2. The van der Waals surface area contributed by atoms with Gasteiger partial charge in [-0.2, -0.15) is 0 Å². The van der Waals surface area contributed by atoms with E-state index in [-0.39, 0.29) is 11.8 Å². The molecule has 104 valence electrons. The Morgan fingerprint density at radius 3 is 2.47 bits per heavy atom. The summed E-state index contributed by atoms with van der Waals surface area (Å²) in [4.78, 5) is 23.1. The Hall–Kier alpha value is -1.84. The van der Waals surface area contributed by atoms with Gasteiger partial charge in [-0.05, 0) is 24.8 Å². The van der Waals surface area contributed by atoms with Gasteiger partial charge >= 0.3 is 0 Å². The van der Waals surface area contributed by atoms with Crippen molar-refractivity contribution in [3.05, 3.63) is 35.9 Å². The first-order chi connectivity index (χ1) is 9.17. The molecule has 0 aliphatic carbocycles. The highest BCUT2D eigenvalue weighted by atomic mass is 16.2. The first kappa shape index (κ1) is 15.2. The molecule has 0 bridgehead atoms. The van der Waals surface area contributed by atoms with Gasteiger partial charge in [-0.3, -0.25) is 9.59 Å². The van der Waals surface area contributed by atoms with Crippen molar-refractivity contribution in [1.82, 2.24) is 10.6 Å². The highest BCUT2D eigenvalue weighted by Gasteiger charge is 2.18. The molecule has 1 atom stereocenters. The quantitative estimate of drug-likeness (QED) is 0.785. The standard InChI is InChI=1S/C15H22N2O2/c1-3-14(18)17-13(15(19)16-2)11-7-10-12-8-5-4-6-9-12/h4-6,8-9,13H,3,7,10-11H2,1-2H3,(H,16,19)(H,17,18). The number of carbonyl (C=O) groups is 2. The maximum atomic E-state index is 11.7. The molecule has 2 N–H and O–H groups in total. The smallest absolute Gasteiger partial charge is 0.242 e. The topological polar surface area (TPSA) is 58.2 Å². The largest absolute Gasteiger partial charge is 0.357 e. The van der Waals surface area contributed by atoms with Crippen molar-refractivity contribution in [3.63, 3.8) is 0 Å². The van der Waals surface area contributed by atoms with E-state index in [4.69, 9.17) is 0 Å². The van der Waals surface area contributed by atoms with Gasteiger partial charge < -0.3 is 10.6 Å². The van der Waals surface area contributed by atoms with Crippen LogP contribution >= 0.6 is 0 Å². The molecule has 0 saturated carbocycles. The van der Waals surface area contributed by atoms with Crippen LogP contribution in [0.2, 0.25) is 0 Å². The van der Waals surface area contributed by atoms with E-state index in [1.807, 2.05) is 18.2 Å². The predicted octanol–water partition coefficient (Wildman–Crippen LogP) is 1.65. The third-order valence-corrected chi connectivity index (χ3v) is 3.02. The average Bonchev–Trinajstić information content (AvgIpc) is 2.46. The molecule has 1 aromatic rings. The zero-order valence-electron chi connectivity index (χ0n) is 11.6. The Labute approximate surface area is 114 Å². The summed E-state index contributed by atoms with van der Waals surface area (Å²) in [5, 5.41) is 5.34. The first-order valence-corrected chi connectivity index (χ1v) is 6.72. The van der Waals surface area contributed by atoms with Crippen LogP contribution in [0.1, 0.15) is 31.7 Å². The van der Waals surface area contributed by atoms with E-state index in [2.05, 4.69) is 22.8 Å². The molecule has 4 nitrogen and oxygen atoms in total. The summed E-state index contributed by atoms with van der Waals surface area (Å²) >= 11 is 0. The molecule has 0 radical (unpaired) electrons. The van der Waals surface area contributed by atoms with Crippen molar-refractivity contribution in [2.24, 2.45) is 0 Å². The van der Waals surface area contributed by atoms with Crippen LogP contribution < -0.4 is 10.6 Å². The second-order valence-corrected chi connectivity index (χ2v) is 4.47. The highest BCUT2D eigenvalue weighted by Crippen LogP contribution is 2.07. The second-order valence-electron chi connectivity index (χ2n) is 4.47. The van der Waals surface area contributed by atoms with Crippen molar-refractivity contribution >= 4 is 11.8 Å². The van der Waals surface area contributed by atoms with Gasteiger partial charge in [-0.25, -0.2) is 0 Å². The van der Waals surface area contributed by atoms with Gasteiger partial charge in [0, 0.05) is 13.5 Å². The zero-order valence-corrected chi connectivity index (χ0v) is 11.6. The van der Waals surface area contributed by atoms with Crippen molar-refractivity contribution in [1.29, 1.82) is 0 Å². The summed E-state index contributed by atoms with van der Waals surface area (Å²) in [6.07, 6.45) is 2.83. The van der Waals surface area contributed by atoms with Crippen LogP contribution in [0.4, 0.5) is 0 Å². The molecule has 0 saturated heterocycles. The van der Waals surface area contributed by atoms with Crippen LogP contribution in [0.15, 0.2) is 30.3 Å². The van der Waals surface area contributed by atoms with Crippen molar-refractivity contribution in [3.8, 4) is 0 Å². The van der Waals surface area contributed by atoms with E-state index < -0.39 is 6.04 Å². The van der Waals surface area contributed by atoms with E-state index in [1.165, 1.54) is 5.56 Å². The van der Waals surface area contributed by atoms with Gasteiger partial charge in [0.25, 0.3) is 0 Å². The number of amides is 2. The summed E-state index contributed by atoms with van der Waals surface area (Å²) < 4.78 is 0. The van der Waals surface area contributed by atoms with Crippen LogP contribution in [-0.4, -0.2) is 24.9 Å². The van der Waals surface area contributed by atoms with Crippen molar-refractivity contribution in [2.75, 3.05) is 7.05 Å². The lowest BCUT2D eigenvalue weighted by Crippen LogP contribution is -2.45. The number of hydrogen-bond donors (Lipinski definition) is 2. The number of likely N-dealkylation sites (N-methyl/N-ethyl adjacent to an activating group) is 1. The molecule has 0 aromatic heterocycles. The molecule has 2 amide bonds. The van der Waals surface area contributed by atoms with Crippen LogP contribution in [0, 0.1) is 0 Å². The minimum atomic E-state index is -0.429. The van der Waals surface area contributed by atoms with Crippen LogP contribution in [0.3, 0.4) is 0 Å². The van der Waals surface area contributed by atoms with E-state index in [1.54, 1.807) is 14.0 Å². The number of benzene rings is 1. The fraction of sp³-hybridized carbons (Fsp3) is 0.467. The third-order valence-electron chi connectivity index (χ3n) is 3.02. The summed E-state index contributed by atoms with van der Waals surface area (Å²) in [6, 6.07) is 9.70. The average molecular weight is 262 g/mol. The Morgan fingerprint density at radius 1 is 1.21 bits per heavy atom. The lowest BCUT2D eigenvalue weighted by molar-refractivity contribution is -0.128. The number of carbonyl (C=O) groups excluding carboxylic acids is 2. The van der Waals surface area contributed by atoms with Crippen LogP contribution in [0.5, 0.6) is 0 Å². The molecule has 0 aliphatic heterocycles. The van der Waals surface area contributed by atoms with E-state index in [0.717, 1.165) is 12.8 Å². The lowest BCUT2D eigenvalue weighted by Gasteiger charge is -2.16. The van der Waals surface area contributed by atoms with Crippen molar-refractivity contribution in [2.45, 2.75) is 38.6 Å². The maximum absolute atomic E-state index is 11.7. The number of aryl methyl sites for hydroxylation is 1. The summed E-state index contributed by atoms with van der Waals surface area (Å²) in [7, 11) is 1.59. The molecular formula is C15H22N2O2. The van der Waals surface area contributed by atoms with Crippen LogP contribution in [0.25, 0.3) is 0 Å². The van der Waals surface area contributed by atoms with E-state index >= 15 is 0 Å². The van der Waals surface area contributed by atoms with Gasteiger partial charge in [0.05, 0.1) is 0 Å². The Balaban J connectivity index is 2.44. The van der Waals surface area contributed by atoms with E-state index in [9.17, 15) is 9.59 Å². The molecule has 0 heterocycles. The molecular weight excluding hydrogens is 240 g/mol. The molecule has 0 spiro atoms. The lowest BCUT2D eigenvalue weighted by atomic mass is 10.0. The summed E-state index contributed by atoms with van der Waals surface area (Å²) in [5.74, 6) is -0.219. The van der Waals surface area contributed by atoms with Gasteiger partial charge in [0.1, 0.15) is 6.04 Å². The summed E-state index contributed by atoms with van der Waals surface area (Å²) in [6.45, 7) is 1.78. The monoisotopic (exact) mass is 262 g/mol.